The van der Waals surface area contributed by atoms with Crippen molar-refractivity contribution in [3.8, 4) is 5.75 Å². The van der Waals surface area contributed by atoms with Crippen LogP contribution in [0.2, 0.25) is 0 Å². The number of carbonyl (C=O) groups is 1. The summed E-state index contributed by atoms with van der Waals surface area (Å²) in [4.78, 5) is 15.1. The van der Waals surface area contributed by atoms with Gasteiger partial charge in [-0.1, -0.05) is 24.3 Å². The van der Waals surface area contributed by atoms with E-state index in [2.05, 4.69) is 18.2 Å². The Hall–Kier alpha value is -2.36. The predicted octanol–water partition coefficient (Wildman–Crippen LogP) is 4.32. The summed E-state index contributed by atoms with van der Waals surface area (Å²) in [5.41, 5.74) is 2.53. The number of nitrogens with zero attached hydrogens (tertiary/aromatic N) is 1. The molecule has 0 spiro atoms. The first kappa shape index (κ1) is 17.1. The molecule has 1 amide bonds. The second-order valence-electron chi connectivity index (χ2n) is 7.24. The van der Waals surface area contributed by atoms with Crippen molar-refractivity contribution in [3.05, 3.63) is 65.5 Å². The van der Waals surface area contributed by atoms with Crippen molar-refractivity contribution in [3.63, 3.8) is 0 Å². The van der Waals surface area contributed by atoms with E-state index in [1.807, 2.05) is 11.0 Å². The molecule has 2 aromatic carbocycles. The fraction of sp³-hybridized carbons (Fsp3) is 0.409. The second kappa shape index (κ2) is 7.48. The molecule has 2 aliphatic rings. The molecule has 1 heterocycles. The van der Waals surface area contributed by atoms with Crippen molar-refractivity contribution < 1.29 is 13.9 Å². The van der Waals surface area contributed by atoms with Gasteiger partial charge < -0.3 is 9.64 Å². The largest absolute Gasteiger partial charge is 0.490 e. The van der Waals surface area contributed by atoms with Crippen LogP contribution in [-0.2, 0) is 11.2 Å². The molecule has 1 fully saturated rings. The molecule has 0 N–H and O–H groups in total. The molecular formula is C22H24FNO2. The van der Waals surface area contributed by atoms with E-state index in [-0.39, 0.29) is 23.7 Å². The number of aryl methyl sites for hydroxylation is 1. The zero-order chi connectivity index (χ0) is 17.9. The van der Waals surface area contributed by atoms with Gasteiger partial charge in [-0.2, -0.15) is 0 Å². The standard InChI is InChI=1S/C22H24FNO2/c23-17-8-10-19(11-9-17)26-18-5-3-14-24(15-13-18)22(25)21-12-7-16-4-1-2-6-20(16)21/h1-2,4,6,8-11,18,21H,3,5,7,12-15H2. The summed E-state index contributed by atoms with van der Waals surface area (Å²) in [6, 6.07) is 14.5. The van der Waals surface area contributed by atoms with Gasteiger partial charge in [0.2, 0.25) is 5.91 Å². The number of rotatable bonds is 3. The fourth-order valence-corrected chi connectivity index (χ4v) is 4.14. The molecule has 0 radical (unpaired) electrons. The van der Waals surface area contributed by atoms with Gasteiger partial charge in [0.15, 0.2) is 0 Å². The van der Waals surface area contributed by atoms with Crippen LogP contribution in [0.5, 0.6) is 5.75 Å². The van der Waals surface area contributed by atoms with Crippen molar-refractivity contribution in [1.29, 1.82) is 0 Å². The van der Waals surface area contributed by atoms with Crippen molar-refractivity contribution in [2.24, 2.45) is 0 Å². The lowest BCUT2D eigenvalue weighted by molar-refractivity contribution is -0.132. The van der Waals surface area contributed by atoms with Crippen LogP contribution in [0.4, 0.5) is 4.39 Å². The van der Waals surface area contributed by atoms with Gasteiger partial charge in [0.05, 0.1) is 5.92 Å². The number of likely N-dealkylation sites (tertiary alicyclic amines) is 1. The average Bonchev–Trinajstić information content (AvgIpc) is 2.95. The van der Waals surface area contributed by atoms with Crippen LogP contribution in [0.3, 0.4) is 0 Å². The molecule has 4 heteroatoms. The van der Waals surface area contributed by atoms with Gasteiger partial charge >= 0.3 is 0 Å². The minimum Gasteiger partial charge on any atom is -0.490 e. The van der Waals surface area contributed by atoms with Crippen LogP contribution in [0.1, 0.15) is 42.7 Å². The molecule has 3 nitrogen and oxygen atoms in total. The maximum Gasteiger partial charge on any atom is 0.230 e. The molecule has 136 valence electrons. The number of carbonyl (C=O) groups excluding carboxylic acids is 1. The Kier molecular flexibility index (Phi) is 4.91. The topological polar surface area (TPSA) is 29.5 Å². The zero-order valence-electron chi connectivity index (χ0n) is 14.9. The van der Waals surface area contributed by atoms with Crippen LogP contribution in [-0.4, -0.2) is 30.0 Å². The van der Waals surface area contributed by atoms with Crippen molar-refractivity contribution in [2.75, 3.05) is 13.1 Å². The first-order valence-electron chi connectivity index (χ1n) is 9.49. The Morgan fingerprint density at radius 3 is 2.65 bits per heavy atom. The maximum atomic E-state index is 13.1. The number of hydrogen-bond donors (Lipinski definition) is 0. The summed E-state index contributed by atoms with van der Waals surface area (Å²) < 4.78 is 19.0. The SMILES string of the molecule is O=C(C1CCc2ccccc21)N1CCCC(Oc2ccc(F)cc2)CC1. The third kappa shape index (κ3) is 3.59. The third-order valence-electron chi connectivity index (χ3n) is 5.53. The highest BCUT2D eigenvalue weighted by molar-refractivity contribution is 5.85. The Morgan fingerprint density at radius 2 is 1.81 bits per heavy atom. The van der Waals surface area contributed by atoms with Crippen LogP contribution in [0.15, 0.2) is 48.5 Å². The van der Waals surface area contributed by atoms with Gasteiger partial charge in [-0.05, 0) is 61.1 Å². The van der Waals surface area contributed by atoms with Gasteiger partial charge in [0.25, 0.3) is 0 Å². The Morgan fingerprint density at radius 1 is 1.00 bits per heavy atom. The van der Waals surface area contributed by atoms with E-state index in [1.165, 1.54) is 23.3 Å². The van der Waals surface area contributed by atoms with Crippen LogP contribution in [0, 0.1) is 5.82 Å². The zero-order valence-corrected chi connectivity index (χ0v) is 14.9. The number of amides is 1. The first-order valence-corrected chi connectivity index (χ1v) is 9.49. The molecule has 1 aliphatic heterocycles. The van der Waals surface area contributed by atoms with E-state index in [0.29, 0.717) is 5.75 Å². The smallest absolute Gasteiger partial charge is 0.230 e. The summed E-state index contributed by atoms with van der Waals surface area (Å²) in [7, 11) is 0. The Labute approximate surface area is 153 Å². The quantitative estimate of drug-likeness (QED) is 0.823. The Bertz CT molecular complexity index is 774. The van der Waals surface area contributed by atoms with Crippen LogP contribution < -0.4 is 4.74 Å². The highest BCUT2D eigenvalue weighted by Gasteiger charge is 2.32. The third-order valence-corrected chi connectivity index (χ3v) is 5.53. The lowest BCUT2D eigenvalue weighted by Gasteiger charge is -2.24. The molecule has 1 aliphatic carbocycles. The molecule has 26 heavy (non-hydrogen) atoms. The molecular weight excluding hydrogens is 329 g/mol. The second-order valence-corrected chi connectivity index (χ2v) is 7.24. The van der Waals surface area contributed by atoms with Crippen molar-refractivity contribution >= 4 is 5.91 Å². The molecule has 0 bridgehead atoms. The predicted molar refractivity (Wildman–Crippen MR) is 98.8 cm³/mol. The number of benzene rings is 2. The van der Waals surface area contributed by atoms with E-state index >= 15 is 0 Å². The van der Waals surface area contributed by atoms with Gasteiger partial charge in [0.1, 0.15) is 17.7 Å². The number of ether oxygens (including phenoxy) is 1. The normalized spacial score (nSPS) is 22.6. The van der Waals surface area contributed by atoms with Gasteiger partial charge in [-0.15, -0.1) is 0 Å². The minimum absolute atomic E-state index is 0.0146. The summed E-state index contributed by atoms with van der Waals surface area (Å²) in [5, 5.41) is 0. The van der Waals surface area contributed by atoms with E-state index in [0.717, 1.165) is 45.2 Å². The molecule has 0 aromatic heterocycles. The summed E-state index contributed by atoms with van der Waals surface area (Å²) in [6.07, 6.45) is 4.67. The van der Waals surface area contributed by atoms with E-state index < -0.39 is 0 Å². The Balaban J connectivity index is 1.38. The minimum atomic E-state index is -0.258. The monoisotopic (exact) mass is 353 g/mol. The van der Waals surface area contributed by atoms with Crippen LogP contribution >= 0.6 is 0 Å². The van der Waals surface area contributed by atoms with E-state index in [4.69, 9.17) is 4.74 Å². The highest BCUT2D eigenvalue weighted by Crippen LogP contribution is 2.34. The van der Waals surface area contributed by atoms with Gasteiger partial charge in [-0.3, -0.25) is 4.79 Å². The summed E-state index contributed by atoms with van der Waals surface area (Å²) >= 11 is 0. The van der Waals surface area contributed by atoms with Crippen molar-refractivity contribution in [2.45, 2.75) is 44.1 Å². The van der Waals surface area contributed by atoms with Gasteiger partial charge in [-0.25, -0.2) is 4.39 Å². The molecule has 0 saturated carbocycles. The molecule has 2 unspecified atom stereocenters. The molecule has 4 rings (SSSR count). The molecule has 2 atom stereocenters. The lowest BCUT2D eigenvalue weighted by atomic mass is 10.00. The van der Waals surface area contributed by atoms with Crippen molar-refractivity contribution in [1.82, 2.24) is 4.90 Å². The van der Waals surface area contributed by atoms with Crippen LogP contribution in [0.25, 0.3) is 0 Å². The average molecular weight is 353 g/mol. The molecule has 1 saturated heterocycles. The fourth-order valence-electron chi connectivity index (χ4n) is 4.14. The van der Waals surface area contributed by atoms with Gasteiger partial charge in [0, 0.05) is 19.5 Å². The molecule has 2 aromatic rings. The van der Waals surface area contributed by atoms with E-state index in [1.54, 1.807) is 12.1 Å². The number of fused-ring (bicyclic) bond motifs is 1. The first-order chi connectivity index (χ1) is 12.7. The number of hydrogen-bond acceptors (Lipinski definition) is 2. The summed E-state index contributed by atoms with van der Waals surface area (Å²) in [5.74, 6) is 0.714. The highest BCUT2D eigenvalue weighted by atomic mass is 19.1. The van der Waals surface area contributed by atoms with E-state index in [9.17, 15) is 9.18 Å². The summed E-state index contributed by atoms with van der Waals surface area (Å²) in [6.45, 7) is 1.52. The lowest BCUT2D eigenvalue weighted by Crippen LogP contribution is -2.35. The number of halogens is 1. The maximum absolute atomic E-state index is 13.1.